The van der Waals surface area contributed by atoms with Crippen LogP contribution in [0.5, 0.6) is 0 Å². The van der Waals surface area contributed by atoms with E-state index in [1.54, 1.807) is 12.1 Å². The van der Waals surface area contributed by atoms with Gasteiger partial charge < -0.3 is 16.0 Å². The number of primary amides is 1. The number of amides is 1. The van der Waals surface area contributed by atoms with Crippen LogP contribution in [-0.4, -0.2) is 56.1 Å². The normalized spacial score (nSPS) is 21.2. The fraction of sp³-hybridized carbons (Fsp3) is 0.500. The molecule has 102 valence electrons. The van der Waals surface area contributed by atoms with Crippen molar-refractivity contribution in [1.29, 1.82) is 0 Å². The fourth-order valence-corrected chi connectivity index (χ4v) is 2.78. The van der Waals surface area contributed by atoms with Gasteiger partial charge in [0.15, 0.2) is 0 Å². The first-order chi connectivity index (χ1) is 9.24. The molecule has 2 heterocycles. The van der Waals surface area contributed by atoms with Gasteiger partial charge in [0, 0.05) is 56.6 Å². The standard InChI is InChI=1S/C14H20N4O/c15-14(19)11-1-3-12(4-2-11)18-9-13(10-18)17-7-5-16-6-8-17/h1-4,13,16H,5-10H2,(H2,15,19). The molecule has 2 aliphatic heterocycles. The van der Waals surface area contributed by atoms with E-state index in [0.29, 0.717) is 11.6 Å². The highest BCUT2D eigenvalue weighted by molar-refractivity contribution is 5.93. The van der Waals surface area contributed by atoms with Crippen LogP contribution in [0.25, 0.3) is 0 Å². The molecule has 5 nitrogen and oxygen atoms in total. The third-order valence-electron chi connectivity index (χ3n) is 4.05. The van der Waals surface area contributed by atoms with Crippen molar-refractivity contribution >= 4 is 11.6 Å². The van der Waals surface area contributed by atoms with E-state index in [4.69, 9.17) is 5.73 Å². The zero-order valence-electron chi connectivity index (χ0n) is 11.0. The topological polar surface area (TPSA) is 61.6 Å². The summed E-state index contributed by atoms with van der Waals surface area (Å²) in [4.78, 5) is 15.9. The molecule has 1 aromatic carbocycles. The van der Waals surface area contributed by atoms with Gasteiger partial charge in [-0.2, -0.15) is 0 Å². The van der Waals surface area contributed by atoms with Crippen LogP contribution < -0.4 is 16.0 Å². The van der Waals surface area contributed by atoms with Gasteiger partial charge in [0.05, 0.1) is 0 Å². The SMILES string of the molecule is NC(=O)c1ccc(N2CC(N3CCNCC3)C2)cc1. The van der Waals surface area contributed by atoms with Crippen molar-refractivity contribution in [2.45, 2.75) is 6.04 Å². The summed E-state index contributed by atoms with van der Waals surface area (Å²) in [6.07, 6.45) is 0. The largest absolute Gasteiger partial charge is 0.368 e. The third kappa shape index (κ3) is 2.57. The first-order valence-corrected chi connectivity index (χ1v) is 6.83. The minimum Gasteiger partial charge on any atom is -0.368 e. The highest BCUT2D eigenvalue weighted by atomic mass is 16.1. The molecule has 2 saturated heterocycles. The molecule has 0 unspecified atom stereocenters. The minimum atomic E-state index is -0.367. The van der Waals surface area contributed by atoms with Crippen molar-refractivity contribution in [3.8, 4) is 0 Å². The molecule has 0 atom stereocenters. The Labute approximate surface area is 113 Å². The molecule has 0 aromatic heterocycles. The molecule has 2 aliphatic rings. The molecule has 0 aliphatic carbocycles. The number of nitrogens with two attached hydrogens (primary N) is 1. The smallest absolute Gasteiger partial charge is 0.248 e. The van der Waals surface area contributed by atoms with Gasteiger partial charge >= 0.3 is 0 Å². The van der Waals surface area contributed by atoms with Crippen molar-refractivity contribution < 1.29 is 4.79 Å². The third-order valence-corrected chi connectivity index (χ3v) is 4.05. The first-order valence-electron chi connectivity index (χ1n) is 6.83. The van der Waals surface area contributed by atoms with Gasteiger partial charge in [0.2, 0.25) is 5.91 Å². The highest BCUT2D eigenvalue weighted by Crippen LogP contribution is 2.24. The van der Waals surface area contributed by atoms with Crippen LogP contribution in [0.2, 0.25) is 0 Å². The lowest BCUT2D eigenvalue weighted by molar-refractivity contribution is 0.100. The summed E-state index contributed by atoms with van der Waals surface area (Å²) in [6, 6.07) is 8.24. The van der Waals surface area contributed by atoms with E-state index in [-0.39, 0.29) is 5.91 Å². The predicted molar refractivity (Wildman–Crippen MR) is 75.4 cm³/mol. The van der Waals surface area contributed by atoms with E-state index in [2.05, 4.69) is 15.1 Å². The molecule has 0 spiro atoms. The fourth-order valence-electron chi connectivity index (χ4n) is 2.78. The van der Waals surface area contributed by atoms with Crippen LogP contribution in [0.15, 0.2) is 24.3 Å². The van der Waals surface area contributed by atoms with E-state index in [1.165, 1.54) is 5.69 Å². The summed E-state index contributed by atoms with van der Waals surface area (Å²) in [5.41, 5.74) is 6.99. The molecule has 2 fully saturated rings. The molecule has 1 amide bonds. The Morgan fingerprint density at radius 1 is 1.16 bits per heavy atom. The monoisotopic (exact) mass is 260 g/mol. The van der Waals surface area contributed by atoms with Crippen LogP contribution in [0.4, 0.5) is 5.69 Å². The Bertz CT molecular complexity index is 447. The number of benzene rings is 1. The van der Waals surface area contributed by atoms with Gasteiger partial charge in [-0.3, -0.25) is 9.69 Å². The average Bonchev–Trinajstić information content (AvgIpc) is 2.39. The van der Waals surface area contributed by atoms with E-state index >= 15 is 0 Å². The van der Waals surface area contributed by atoms with E-state index < -0.39 is 0 Å². The molecular formula is C14H20N4O. The second-order valence-electron chi connectivity index (χ2n) is 5.26. The first kappa shape index (κ1) is 12.4. The summed E-state index contributed by atoms with van der Waals surface area (Å²) in [5, 5.41) is 3.38. The molecular weight excluding hydrogens is 240 g/mol. The van der Waals surface area contributed by atoms with Crippen LogP contribution >= 0.6 is 0 Å². The maximum absolute atomic E-state index is 11.0. The Morgan fingerprint density at radius 2 is 1.79 bits per heavy atom. The maximum Gasteiger partial charge on any atom is 0.248 e. The number of rotatable bonds is 3. The quantitative estimate of drug-likeness (QED) is 0.795. The number of hydrogen-bond donors (Lipinski definition) is 2. The van der Waals surface area contributed by atoms with Crippen LogP contribution in [0, 0.1) is 0 Å². The van der Waals surface area contributed by atoms with Crippen molar-refractivity contribution in [2.75, 3.05) is 44.2 Å². The molecule has 3 N–H and O–H groups in total. The van der Waals surface area contributed by atoms with E-state index in [9.17, 15) is 4.79 Å². The molecule has 19 heavy (non-hydrogen) atoms. The van der Waals surface area contributed by atoms with Crippen molar-refractivity contribution in [1.82, 2.24) is 10.2 Å². The second-order valence-corrected chi connectivity index (χ2v) is 5.26. The van der Waals surface area contributed by atoms with Crippen molar-refractivity contribution in [3.63, 3.8) is 0 Å². The lowest BCUT2D eigenvalue weighted by Crippen LogP contribution is -2.62. The van der Waals surface area contributed by atoms with Gasteiger partial charge in [-0.15, -0.1) is 0 Å². The van der Waals surface area contributed by atoms with Gasteiger partial charge in [0.25, 0.3) is 0 Å². The van der Waals surface area contributed by atoms with Gasteiger partial charge in [-0.05, 0) is 24.3 Å². The van der Waals surface area contributed by atoms with Crippen molar-refractivity contribution in [2.24, 2.45) is 5.73 Å². The maximum atomic E-state index is 11.0. The van der Waals surface area contributed by atoms with E-state index in [1.807, 2.05) is 12.1 Å². The number of carbonyl (C=O) groups excluding carboxylic acids is 1. The molecule has 0 bridgehead atoms. The minimum absolute atomic E-state index is 0.367. The Kier molecular flexibility index (Phi) is 3.40. The summed E-state index contributed by atoms with van der Waals surface area (Å²) in [7, 11) is 0. The van der Waals surface area contributed by atoms with E-state index in [0.717, 1.165) is 39.3 Å². The Balaban J connectivity index is 1.56. The lowest BCUT2D eigenvalue weighted by Gasteiger charge is -2.48. The lowest BCUT2D eigenvalue weighted by atomic mass is 10.0. The molecule has 0 saturated carbocycles. The summed E-state index contributed by atoms with van der Waals surface area (Å²) in [6.45, 7) is 6.66. The number of piperazine rings is 1. The van der Waals surface area contributed by atoms with Crippen LogP contribution in [0.1, 0.15) is 10.4 Å². The molecule has 5 heteroatoms. The average molecular weight is 260 g/mol. The molecule has 0 radical (unpaired) electrons. The zero-order chi connectivity index (χ0) is 13.2. The van der Waals surface area contributed by atoms with Gasteiger partial charge in [-0.25, -0.2) is 0 Å². The Morgan fingerprint density at radius 3 is 2.37 bits per heavy atom. The number of hydrogen-bond acceptors (Lipinski definition) is 4. The van der Waals surface area contributed by atoms with Gasteiger partial charge in [-0.1, -0.05) is 0 Å². The second kappa shape index (κ2) is 5.19. The molecule has 1 aromatic rings. The summed E-state index contributed by atoms with van der Waals surface area (Å²) >= 11 is 0. The van der Waals surface area contributed by atoms with Crippen LogP contribution in [0.3, 0.4) is 0 Å². The molecule has 3 rings (SSSR count). The number of carbonyl (C=O) groups is 1. The summed E-state index contributed by atoms with van der Waals surface area (Å²) < 4.78 is 0. The summed E-state index contributed by atoms with van der Waals surface area (Å²) in [5.74, 6) is -0.367. The number of anilines is 1. The number of nitrogens with one attached hydrogen (secondary N) is 1. The zero-order valence-corrected chi connectivity index (χ0v) is 11.0. The highest BCUT2D eigenvalue weighted by Gasteiger charge is 2.32. The van der Waals surface area contributed by atoms with Crippen molar-refractivity contribution in [3.05, 3.63) is 29.8 Å². The van der Waals surface area contributed by atoms with Gasteiger partial charge in [0.1, 0.15) is 0 Å². The predicted octanol–water partition coefficient (Wildman–Crippen LogP) is -0.121. The number of nitrogens with zero attached hydrogens (tertiary/aromatic N) is 2. The van der Waals surface area contributed by atoms with Crippen LogP contribution in [-0.2, 0) is 0 Å². The Hall–Kier alpha value is -1.59.